The first-order valence-corrected chi connectivity index (χ1v) is 11.8. The number of hydrogen-bond donors (Lipinski definition) is 1. The number of pyridine rings is 1. The lowest BCUT2D eigenvalue weighted by molar-refractivity contribution is -0.125. The van der Waals surface area contributed by atoms with Crippen LogP contribution < -0.4 is 14.8 Å². The number of aromatic nitrogens is 3. The van der Waals surface area contributed by atoms with Gasteiger partial charge in [0.25, 0.3) is 5.88 Å². The minimum atomic E-state index is -1.16. The standard InChI is InChI=1S/C25H24F3N5O4/c1-2-20(34)33-7-5-15(10-33)37-25-16(26)9-18-23(32-25)24(30-13-29-18)31-17-3-4-19(22(28)21(17)27)36-12-14-6-8-35-11-14/h2-4,9,13-15H,1,5-8,10-12H2,(H,29,30,31)/t14-,15-/m0/s1. The van der Waals surface area contributed by atoms with E-state index in [9.17, 15) is 18.0 Å². The fourth-order valence-electron chi connectivity index (χ4n) is 4.22. The summed E-state index contributed by atoms with van der Waals surface area (Å²) >= 11 is 0. The van der Waals surface area contributed by atoms with Gasteiger partial charge in [-0.25, -0.2) is 23.7 Å². The number of hydrogen-bond acceptors (Lipinski definition) is 8. The van der Waals surface area contributed by atoms with Crippen LogP contribution in [0.2, 0.25) is 0 Å². The zero-order valence-electron chi connectivity index (χ0n) is 19.8. The third-order valence-corrected chi connectivity index (χ3v) is 6.24. The Morgan fingerprint density at radius 1 is 1.24 bits per heavy atom. The van der Waals surface area contributed by atoms with Gasteiger partial charge in [-0.15, -0.1) is 0 Å². The van der Waals surface area contributed by atoms with Crippen LogP contribution in [-0.2, 0) is 9.53 Å². The second kappa shape index (κ2) is 10.6. The van der Waals surface area contributed by atoms with Crippen molar-refractivity contribution in [2.24, 2.45) is 5.92 Å². The van der Waals surface area contributed by atoms with Crippen LogP contribution in [0, 0.1) is 23.4 Å². The van der Waals surface area contributed by atoms with Crippen molar-refractivity contribution in [1.29, 1.82) is 0 Å². The Morgan fingerprint density at radius 2 is 2.11 bits per heavy atom. The number of likely N-dealkylation sites (tertiary alicyclic amines) is 1. The zero-order chi connectivity index (χ0) is 25.9. The number of ether oxygens (including phenoxy) is 3. The predicted molar refractivity (Wildman–Crippen MR) is 127 cm³/mol. The molecule has 1 aromatic carbocycles. The Morgan fingerprint density at radius 3 is 2.89 bits per heavy atom. The van der Waals surface area contributed by atoms with Crippen molar-refractivity contribution in [3.63, 3.8) is 0 Å². The molecule has 2 aliphatic rings. The van der Waals surface area contributed by atoms with E-state index >= 15 is 0 Å². The molecule has 0 aliphatic carbocycles. The van der Waals surface area contributed by atoms with Gasteiger partial charge in [-0.05, 0) is 24.6 Å². The molecule has 5 rings (SSSR count). The van der Waals surface area contributed by atoms with E-state index in [2.05, 4.69) is 26.8 Å². The summed E-state index contributed by atoms with van der Waals surface area (Å²) in [6, 6.07) is 3.75. The quantitative estimate of drug-likeness (QED) is 0.453. The van der Waals surface area contributed by atoms with Crippen LogP contribution in [0.3, 0.4) is 0 Å². The monoisotopic (exact) mass is 515 g/mol. The molecule has 0 radical (unpaired) electrons. The second-order valence-corrected chi connectivity index (χ2v) is 8.79. The Labute approximate surface area is 210 Å². The van der Waals surface area contributed by atoms with Crippen molar-refractivity contribution in [2.45, 2.75) is 18.9 Å². The van der Waals surface area contributed by atoms with Crippen LogP contribution in [0.25, 0.3) is 11.0 Å². The molecule has 2 atom stereocenters. The molecule has 0 unspecified atom stereocenters. The Kier molecular flexibility index (Phi) is 7.08. The van der Waals surface area contributed by atoms with Gasteiger partial charge in [0, 0.05) is 31.6 Å². The van der Waals surface area contributed by atoms with Crippen molar-refractivity contribution in [3.05, 3.63) is 54.6 Å². The smallest absolute Gasteiger partial charge is 0.251 e. The molecule has 3 aromatic rings. The first-order valence-electron chi connectivity index (χ1n) is 11.8. The summed E-state index contributed by atoms with van der Waals surface area (Å²) in [4.78, 5) is 25.6. The molecule has 0 spiro atoms. The normalized spacial score (nSPS) is 19.3. The molecule has 0 saturated carbocycles. The van der Waals surface area contributed by atoms with E-state index in [1.54, 1.807) is 4.90 Å². The highest BCUT2D eigenvalue weighted by Gasteiger charge is 2.28. The lowest BCUT2D eigenvalue weighted by atomic mass is 10.1. The van der Waals surface area contributed by atoms with Gasteiger partial charge in [0.1, 0.15) is 17.9 Å². The number of amides is 1. The number of rotatable bonds is 8. The van der Waals surface area contributed by atoms with Gasteiger partial charge in [-0.1, -0.05) is 6.58 Å². The van der Waals surface area contributed by atoms with E-state index in [0.29, 0.717) is 26.2 Å². The number of carbonyl (C=O) groups is 1. The summed E-state index contributed by atoms with van der Waals surface area (Å²) in [7, 11) is 0. The van der Waals surface area contributed by atoms with Crippen LogP contribution in [0.1, 0.15) is 12.8 Å². The van der Waals surface area contributed by atoms with Crippen molar-refractivity contribution in [1.82, 2.24) is 19.9 Å². The van der Waals surface area contributed by atoms with Crippen molar-refractivity contribution in [3.8, 4) is 11.6 Å². The maximum atomic E-state index is 14.9. The molecule has 2 aliphatic heterocycles. The van der Waals surface area contributed by atoms with E-state index in [4.69, 9.17) is 14.2 Å². The average Bonchev–Trinajstić information content (AvgIpc) is 3.59. The van der Waals surface area contributed by atoms with Crippen LogP contribution in [0.4, 0.5) is 24.7 Å². The third-order valence-electron chi connectivity index (χ3n) is 6.24. The number of carbonyl (C=O) groups excluding carboxylic acids is 1. The number of fused-ring (bicyclic) bond motifs is 1. The molecule has 1 amide bonds. The number of benzene rings is 1. The van der Waals surface area contributed by atoms with Crippen molar-refractivity contribution >= 4 is 28.4 Å². The maximum Gasteiger partial charge on any atom is 0.251 e. The van der Waals surface area contributed by atoms with Gasteiger partial charge in [0.15, 0.2) is 23.2 Å². The number of halogens is 3. The third kappa shape index (κ3) is 5.29. The fraction of sp³-hybridized carbons (Fsp3) is 0.360. The van der Waals surface area contributed by atoms with E-state index in [1.807, 2.05) is 0 Å². The fourth-order valence-corrected chi connectivity index (χ4v) is 4.22. The van der Waals surface area contributed by atoms with Crippen LogP contribution in [0.15, 0.2) is 37.2 Å². The van der Waals surface area contributed by atoms with Gasteiger partial charge in [0.2, 0.25) is 11.7 Å². The lowest BCUT2D eigenvalue weighted by Crippen LogP contribution is -2.29. The van der Waals surface area contributed by atoms with E-state index in [-0.39, 0.29) is 59.1 Å². The zero-order valence-corrected chi connectivity index (χ0v) is 19.8. The van der Waals surface area contributed by atoms with Gasteiger partial charge in [0.05, 0.1) is 31.0 Å². The van der Waals surface area contributed by atoms with Crippen LogP contribution in [-0.4, -0.2) is 64.8 Å². The molecular formula is C25H24F3N5O4. The summed E-state index contributed by atoms with van der Waals surface area (Å²) in [5.74, 6) is -3.67. The van der Waals surface area contributed by atoms with E-state index in [0.717, 1.165) is 18.8 Å². The van der Waals surface area contributed by atoms with Crippen LogP contribution >= 0.6 is 0 Å². The largest absolute Gasteiger partial charge is 0.490 e. The Hall–Kier alpha value is -3.93. The van der Waals surface area contributed by atoms with Gasteiger partial charge >= 0.3 is 0 Å². The number of nitrogens with one attached hydrogen (secondary N) is 1. The van der Waals surface area contributed by atoms with Crippen molar-refractivity contribution < 1.29 is 32.2 Å². The van der Waals surface area contributed by atoms with Crippen molar-refractivity contribution in [2.75, 3.05) is 38.2 Å². The maximum absolute atomic E-state index is 14.9. The van der Waals surface area contributed by atoms with E-state index in [1.165, 1.54) is 18.2 Å². The van der Waals surface area contributed by atoms with Gasteiger partial charge in [-0.3, -0.25) is 4.79 Å². The summed E-state index contributed by atoms with van der Waals surface area (Å²) in [5, 5.41) is 2.70. The summed E-state index contributed by atoms with van der Waals surface area (Å²) in [6.45, 7) is 5.53. The second-order valence-electron chi connectivity index (χ2n) is 8.79. The molecule has 12 heteroatoms. The first-order chi connectivity index (χ1) is 17.9. The van der Waals surface area contributed by atoms with Gasteiger partial charge < -0.3 is 24.4 Å². The Bertz CT molecular complexity index is 1340. The highest BCUT2D eigenvalue weighted by Crippen LogP contribution is 2.31. The van der Waals surface area contributed by atoms with E-state index < -0.39 is 23.6 Å². The topological polar surface area (TPSA) is 98.7 Å². The molecule has 194 valence electrons. The molecule has 2 aromatic heterocycles. The Balaban J connectivity index is 1.35. The summed E-state index contributed by atoms with van der Waals surface area (Å²) in [6.07, 6.45) is 3.17. The molecule has 37 heavy (non-hydrogen) atoms. The minimum Gasteiger partial charge on any atom is -0.490 e. The lowest BCUT2D eigenvalue weighted by Gasteiger charge is -2.16. The summed E-state index contributed by atoms with van der Waals surface area (Å²) < 4.78 is 60.7. The van der Waals surface area contributed by atoms with Gasteiger partial charge in [-0.2, -0.15) is 4.39 Å². The highest BCUT2D eigenvalue weighted by atomic mass is 19.2. The SMILES string of the molecule is C=CC(=O)N1CC[C@H](Oc2nc3c(Nc4ccc(OC[C@H]5CCOC5)c(F)c4F)ncnc3cc2F)C1. The molecule has 9 nitrogen and oxygen atoms in total. The highest BCUT2D eigenvalue weighted by molar-refractivity contribution is 5.88. The number of anilines is 2. The van der Waals surface area contributed by atoms with Crippen LogP contribution in [0.5, 0.6) is 11.6 Å². The molecule has 2 saturated heterocycles. The molecule has 0 bridgehead atoms. The molecule has 1 N–H and O–H groups in total. The predicted octanol–water partition coefficient (Wildman–Crippen LogP) is 3.77. The number of nitrogens with zero attached hydrogens (tertiary/aromatic N) is 4. The minimum absolute atomic E-state index is 0.0276. The molecular weight excluding hydrogens is 491 g/mol. The molecule has 4 heterocycles. The molecule has 2 fully saturated rings. The first kappa shape index (κ1) is 24.8. The summed E-state index contributed by atoms with van der Waals surface area (Å²) in [5.41, 5.74) is 0.0196. The average molecular weight is 515 g/mol.